The first-order valence-electron chi connectivity index (χ1n) is 11.0. The highest BCUT2D eigenvalue weighted by Crippen LogP contribution is 2.23. The summed E-state index contributed by atoms with van der Waals surface area (Å²) >= 11 is 0. The fraction of sp³-hybridized carbons (Fsp3) is 0.417. The third kappa shape index (κ3) is 4.31. The second-order valence-corrected chi connectivity index (χ2v) is 8.45. The molecule has 0 amide bonds. The van der Waals surface area contributed by atoms with Crippen molar-refractivity contribution in [1.29, 1.82) is 0 Å². The summed E-state index contributed by atoms with van der Waals surface area (Å²) < 4.78 is 3.23. The van der Waals surface area contributed by atoms with E-state index in [2.05, 4.69) is 47.8 Å². The van der Waals surface area contributed by atoms with Crippen LogP contribution in [0.1, 0.15) is 33.2 Å². The summed E-state index contributed by atoms with van der Waals surface area (Å²) in [5.74, 6) is 0.648. The van der Waals surface area contributed by atoms with Crippen LogP contribution in [0.25, 0.3) is 5.69 Å². The lowest BCUT2D eigenvalue weighted by atomic mass is 10.0. The van der Waals surface area contributed by atoms with Gasteiger partial charge in [0.2, 0.25) is 0 Å². The summed E-state index contributed by atoms with van der Waals surface area (Å²) in [5.41, 5.74) is 3.04. The first-order valence-corrected chi connectivity index (χ1v) is 11.0. The van der Waals surface area contributed by atoms with Crippen molar-refractivity contribution >= 4 is 11.4 Å². The summed E-state index contributed by atoms with van der Waals surface area (Å²) in [5, 5.41) is 13.9. The first-order chi connectivity index (χ1) is 15.0. The molecule has 7 nitrogen and oxygen atoms in total. The molecule has 1 N–H and O–H groups in total. The monoisotopic (exact) mass is 421 g/mol. The Kier molecular flexibility index (Phi) is 6.02. The van der Waals surface area contributed by atoms with Crippen LogP contribution in [0.4, 0.5) is 11.4 Å². The van der Waals surface area contributed by atoms with Gasteiger partial charge >= 0.3 is 5.69 Å². The van der Waals surface area contributed by atoms with E-state index in [-0.39, 0.29) is 11.7 Å². The number of rotatable bonds is 6. The molecule has 0 unspecified atom stereocenters. The second-order valence-electron chi connectivity index (χ2n) is 8.45. The van der Waals surface area contributed by atoms with Gasteiger partial charge in [-0.2, -0.15) is 5.10 Å². The van der Waals surface area contributed by atoms with Crippen molar-refractivity contribution in [1.82, 2.24) is 14.3 Å². The summed E-state index contributed by atoms with van der Waals surface area (Å²) in [6.07, 6.45) is 2.50. The fourth-order valence-corrected chi connectivity index (χ4v) is 4.36. The third-order valence-electron chi connectivity index (χ3n) is 6.18. The predicted molar refractivity (Wildman–Crippen MR) is 125 cm³/mol. The van der Waals surface area contributed by atoms with Gasteiger partial charge in [0.05, 0.1) is 11.7 Å². The molecule has 1 saturated heterocycles. The zero-order valence-electron chi connectivity index (χ0n) is 18.5. The molecule has 1 fully saturated rings. The summed E-state index contributed by atoms with van der Waals surface area (Å²) in [6, 6.07) is 15.6. The number of aromatic nitrogens is 3. The first kappa shape index (κ1) is 21.0. The zero-order valence-corrected chi connectivity index (χ0v) is 18.5. The molecule has 3 aromatic rings. The predicted octanol–water partition coefficient (Wildman–Crippen LogP) is 3.67. The molecule has 0 spiro atoms. The van der Waals surface area contributed by atoms with Crippen LogP contribution in [0.2, 0.25) is 0 Å². The highest BCUT2D eigenvalue weighted by atomic mass is 16.3. The van der Waals surface area contributed by atoms with Crippen LogP contribution in [0.5, 0.6) is 5.75 Å². The molecular weight excluding hydrogens is 390 g/mol. The number of anilines is 2. The lowest BCUT2D eigenvalue weighted by Crippen LogP contribution is -2.46. The topological polar surface area (TPSA) is 66.5 Å². The van der Waals surface area contributed by atoms with E-state index in [1.807, 2.05) is 24.3 Å². The Morgan fingerprint density at radius 1 is 0.871 bits per heavy atom. The number of hydrogen-bond donors (Lipinski definition) is 1. The van der Waals surface area contributed by atoms with Crippen LogP contribution in [-0.4, -0.2) is 45.6 Å². The molecule has 4 rings (SSSR count). The van der Waals surface area contributed by atoms with Crippen molar-refractivity contribution in [2.75, 3.05) is 36.0 Å². The average molecular weight is 422 g/mol. The molecule has 0 bridgehead atoms. The number of hydrogen-bond acceptors (Lipinski definition) is 5. The molecule has 1 aromatic heterocycles. The van der Waals surface area contributed by atoms with Gasteiger partial charge in [0, 0.05) is 37.6 Å². The Balaban J connectivity index is 1.44. The average Bonchev–Trinajstić information content (AvgIpc) is 3.16. The normalized spacial score (nSPS) is 15.5. The minimum absolute atomic E-state index is 0.0872. The van der Waals surface area contributed by atoms with Crippen molar-refractivity contribution in [3.63, 3.8) is 0 Å². The Hall–Kier alpha value is -3.22. The lowest BCUT2D eigenvalue weighted by Gasteiger charge is -2.37. The van der Waals surface area contributed by atoms with Gasteiger partial charge in [0.15, 0.2) is 0 Å². The van der Waals surface area contributed by atoms with Gasteiger partial charge in [0.25, 0.3) is 0 Å². The van der Waals surface area contributed by atoms with Crippen molar-refractivity contribution in [3.8, 4) is 11.4 Å². The van der Waals surface area contributed by atoms with E-state index >= 15 is 0 Å². The molecule has 7 heteroatoms. The van der Waals surface area contributed by atoms with Gasteiger partial charge in [-0.3, -0.25) is 0 Å². The largest absolute Gasteiger partial charge is 0.508 e. The molecule has 2 aromatic carbocycles. The maximum Gasteiger partial charge on any atom is 0.350 e. The van der Waals surface area contributed by atoms with Gasteiger partial charge in [-0.05, 0) is 60.9 Å². The van der Waals surface area contributed by atoms with Crippen molar-refractivity contribution < 1.29 is 5.11 Å². The lowest BCUT2D eigenvalue weighted by molar-refractivity contribution is 0.327. The molecule has 0 saturated carbocycles. The zero-order chi connectivity index (χ0) is 22.0. The maximum atomic E-state index is 12.9. The highest BCUT2D eigenvalue weighted by Gasteiger charge is 2.20. The van der Waals surface area contributed by atoms with Gasteiger partial charge in [-0.1, -0.05) is 20.8 Å². The number of phenolic OH excluding ortho intramolecular Hbond substituents is 1. The highest BCUT2D eigenvalue weighted by molar-refractivity contribution is 5.54. The Morgan fingerprint density at radius 3 is 1.84 bits per heavy atom. The number of piperazine rings is 1. The summed E-state index contributed by atoms with van der Waals surface area (Å²) in [7, 11) is 0. The summed E-state index contributed by atoms with van der Waals surface area (Å²) in [4.78, 5) is 17.6. The molecule has 1 aliphatic heterocycles. The molecule has 164 valence electrons. The summed E-state index contributed by atoms with van der Waals surface area (Å²) in [6.45, 7) is 10.0. The minimum atomic E-state index is -0.0872. The standard InChI is InChI=1S/C24H31N5O2/c1-4-23(18(2)3)29-24(31)28(17-25-29)21-7-5-19(6-8-21)26-13-15-27(16-14-26)20-9-11-22(30)12-10-20/h5-12,17-18,23,30H,4,13-16H2,1-3H3/t23-/m0/s1. The smallest absolute Gasteiger partial charge is 0.350 e. The van der Waals surface area contributed by atoms with Crippen LogP contribution in [-0.2, 0) is 0 Å². The molecule has 0 radical (unpaired) electrons. The van der Waals surface area contributed by atoms with E-state index in [0.29, 0.717) is 11.7 Å². The molecular formula is C24H31N5O2. The van der Waals surface area contributed by atoms with Gasteiger partial charge in [-0.25, -0.2) is 14.0 Å². The molecule has 1 aliphatic rings. The SMILES string of the molecule is CC[C@@H](C(C)C)n1ncn(-c2ccc(N3CCN(c4ccc(O)cc4)CC3)cc2)c1=O. The Bertz CT molecular complexity index is 1040. The van der Waals surface area contributed by atoms with Gasteiger partial charge in [-0.15, -0.1) is 0 Å². The van der Waals surface area contributed by atoms with Crippen molar-refractivity contribution in [2.45, 2.75) is 33.2 Å². The van der Waals surface area contributed by atoms with E-state index < -0.39 is 0 Å². The van der Waals surface area contributed by atoms with Gasteiger partial charge in [0.1, 0.15) is 12.1 Å². The van der Waals surface area contributed by atoms with Crippen LogP contribution < -0.4 is 15.5 Å². The number of benzene rings is 2. The van der Waals surface area contributed by atoms with E-state index in [1.165, 1.54) is 0 Å². The molecule has 2 heterocycles. The minimum Gasteiger partial charge on any atom is -0.508 e. The van der Waals surface area contributed by atoms with E-state index in [0.717, 1.165) is 49.7 Å². The number of aromatic hydroxyl groups is 1. The van der Waals surface area contributed by atoms with Crippen LogP contribution >= 0.6 is 0 Å². The molecule has 1 atom stereocenters. The van der Waals surface area contributed by atoms with Crippen molar-refractivity contribution in [3.05, 3.63) is 65.3 Å². The van der Waals surface area contributed by atoms with E-state index in [4.69, 9.17) is 0 Å². The quantitative estimate of drug-likeness (QED) is 0.658. The number of nitrogens with zero attached hydrogens (tertiary/aromatic N) is 5. The van der Waals surface area contributed by atoms with Crippen LogP contribution in [0, 0.1) is 5.92 Å². The number of phenols is 1. The molecule has 0 aliphatic carbocycles. The van der Waals surface area contributed by atoms with Crippen molar-refractivity contribution in [2.24, 2.45) is 5.92 Å². The molecule has 31 heavy (non-hydrogen) atoms. The van der Waals surface area contributed by atoms with E-state index in [9.17, 15) is 9.90 Å². The van der Waals surface area contributed by atoms with E-state index in [1.54, 1.807) is 27.7 Å². The maximum absolute atomic E-state index is 12.9. The second kappa shape index (κ2) is 8.88. The fourth-order valence-electron chi connectivity index (χ4n) is 4.36. The van der Waals surface area contributed by atoms with Crippen LogP contribution in [0.15, 0.2) is 59.7 Å². The third-order valence-corrected chi connectivity index (χ3v) is 6.18. The Morgan fingerprint density at radius 2 is 1.35 bits per heavy atom. The van der Waals surface area contributed by atoms with Gasteiger partial charge < -0.3 is 14.9 Å². The van der Waals surface area contributed by atoms with Crippen LogP contribution in [0.3, 0.4) is 0 Å². The Labute approximate surface area is 183 Å².